The van der Waals surface area contributed by atoms with Gasteiger partial charge in [0, 0.05) is 12.1 Å². The molecule has 0 aliphatic rings. The third kappa shape index (κ3) is 5.89. The van der Waals surface area contributed by atoms with Crippen molar-refractivity contribution in [2.75, 3.05) is 6.61 Å². The first-order valence-corrected chi connectivity index (χ1v) is 8.56. The highest BCUT2D eigenvalue weighted by Gasteiger charge is 2.11. The minimum Gasteiger partial charge on any atom is -0.490 e. The first-order chi connectivity index (χ1) is 11.4. The third-order valence-electron chi connectivity index (χ3n) is 3.61. The summed E-state index contributed by atoms with van der Waals surface area (Å²) in [6, 6.07) is 14.5. The van der Waals surface area contributed by atoms with Crippen LogP contribution in [0.2, 0.25) is 0 Å². The van der Waals surface area contributed by atoms with Gasteiger partial charge in [-0.25, -0.2) is 0 Å². The van der Waals surface area contributed by atoms with E-state index in [4.69, 9.17) is 9.47 Å². The summed E-state index contributed by atoms with van der Waals surface area (Å²) < 4.78 is 11.8. The van der Waals surface area contributed by atoms with Crippen LogP contribution in [0.3, 0.4) is 0 Å². The Balaban J connectivity index is 2.08. The predicted molar refractivity (Wildman–Crippen MR) is 99.7 cm³/mol. The molecule has 0 atom stereocenters. The molecule has 3 nitrogen and oxygen atoms in total. The standard InChI is InChI=1S/C21H29NO2/c1-6-23-20-13-17(14-22-21(3,4)5)10-11-19(20)24-15-18-9-7-8-16(2)12-18/h7-13,22H,6,14-15H2,1-5H3. The molecule has 0 fully saturated rings. The molecule has 3 heteroatoms. The molecule has 0 aliphatic heterocycles. The molecule has 24 heavy (non-hydrogen) atoms. The normalized spacial score (nSPS) is 11.4. The largest absolute Gasteiger partial charge is 0.490 e. The lowest BCUT2D eigenvalue weighted by atomic mass is 10.1. The summed E-state index contributed by atoms with van der Waals surface area (Å²) in [6.07, 6.45) is 0. The molecule has 0 radical (unpaired) electrons. The fourth-order valence-corrected chi connectivity index (χ4v) is 2.38. The molecule has 2 aromatic rings. The lowest BCUT2D eigenvalue weighted by Crippen LogP contribution is -2.35. The summed E-state index contributed by atoms with van der Waals surface area (Å²) in [6.45, 7) is 12.5. The van der Waals surface area contributed by atoms with Gasteiger partial charge in [-0.15, -0.1) is 0 Å². The van der Waals surface area contributed by atoms with Crippen LogP contribution in [0, 0.1) is 6.92 Å². The molecule has 0 aromatic heterocycles. The van der Waals surface area contributed by atoms with Crippen molar-refractivity contribution in [3.63, 3.8) is 0 Å². The zero-order valence-electron chi connectivity index (χ0n) is 15.5. The van der Waals surface area contributed by atoms with Crippen molar-refractivity contribution in [1.29, 1.82) is 0 Å². The molecule has 0 spiro atoms. The SMILES string of the molecule is CCOc1cc(CNC(C)(C)C)ccc1OCc1cccc(C)c1. The highest BCUT2D eigenvalue weighted by molar-refractivity contribution is 5.43. The fourth-order valence-electron chi connectivity index (χ4n) is 2.38. The van der Waals surface area contributed by atoms with Gasteiger partial charge in [-0.2, -0.15) is 0 Å². The second-order valence-corrected chi connectivity index (χ2v) is 7.10. The van der Waals surface area contributed by atoms with Crippen LogP contribution >= 0.6 is 0 Å². The molecule has 0 bridgehead atoms. The number of benzene rings is 2. The van der Waals surface area contributed by atoms with Gasteiger partial charge in [-0.05, 0) is 57.9 Å². The number of hydrogen-bond donors (Lipinski definition) is 1. The summed E-state index contributed by atoms with van der Waals surface area (Å²) in [5.74, 6) is 1.59. The second kappa shape index (κ2) is 8.20. The van der Waals surface area contributed by atoms with Gasteiger partial charge >= 0.3 is 0 Å². The third-order valence-corrected chi connectivity index (χ3v) is 3.61. The van der Waals surface area contributed by atoms with Crippen molar-refractivity contribution in [2.45, 2.75) is 53.3 Å². The molecule has 0 amide bonds. The van der Waals surface area contributed by atoms with Crippen molar-refractivity contribution in [2.24, 2.45) is 0 Å². The van der Waals surface area contributed by atoms with E-state index in [9.17, 15) is 0 Å². The van der Waals surface area contributed by atoms with E-state index < -0.39 is 0 Å². The van der Waals surface area contributed by atoms with Gasteiger partial charge in [0.05, 0.1) is 6.61 Å². The van der Waals surface area contributed by atoms with Crippen LogP contribution in [-0.4, -0.2) is 12.1 Å². The Kier molecular flexibility index (Phi) is 6.27. The zero-order chi connectivity index (χ0) is 17.6. The van der Waals surface area contributed by atoms with E-state index in [1.54, 1.807) is 0 Å². The molecule has 0 aliphatic carbocycles. The van der Waals surface area contributed by atoms with Gasteiger partial charge in [0.1, 0.15) is 6.61 Å². The number of hydrogen-bond acceptors (Lipinski definition) is 3. The molecule has 2 rings (SSSR count). The van der Waals surface area contributed by atoms with E-state index in [0.717, 1.165) is 23.6 Å². The lowest BCUT2D eigenvalue weighted by molar-refractivity contribution is 0.269. The van der Waals surface area contributed by atoms with Crippen LogP contribution < -0.4 is 14.8 Å². The maximum atomic E-state index is 5.99. The topological polar surface area (TPSA) is 30.5 Å². The Hall–Kier alpha value is -2.00. The zero-order valence-corrected chi connectivity index (χ0v) is 15.5. The minimum absolute atomic E-state index is 0.0894. The van der Waals surface area contributed by atoms with E-state index in [1.807, 2.05) is 13.0 Å². The van der Waals surface area contributed by atoms with Crippen molar-refractivity contribution in [1.82, 2.24) is 5.32 Å². The predicted octanol–water partition coefficient (Wildman–Crippen LogP) is 4.86. The van der Waals surface area contributed by atoms with Crippen LogP contribution in [0.1, 0.15) is 44.4 Å². The first kappa shape index (κ1) is 18.3. The Bertz CT molecular complexity index is 659. The average Bonchev–Trinajstić information content (AvgIpc) is 2.52. The van der Waals surface area contributed by atoms with Gasteiger partial charge in [0.25, 0.3) is 0 Å². The lowest BCUT2D eigenvalue weighted by Gasteiger charge is -2.21. The van der Waals surface area contributed by atoms with Crippen molar-refractivity contribution >= 4 is 0 Å². The Morgan fingerprint density at radius 2 is 1.71 bits per heavy atom. The number of nitrogens with one attached hydrogen (secondary N) is 1. The minimum atomic E-state index is 0.0894. The summed E-state index contributed by atoms with van der Waals surface area (Å²) in [4.78, 5) is 0. The number of rotatable bonds is 7. The quantitative estimate of drug-likeness (QED) is 0.787. The van der Waals surface area contributed by atoms with E-state index in [1.165, 1.54) is 11.1 Å². The molecule has 0 saturated carbocycles. The first-order valence-electron chi connectivity index (χ1n) is 8.56. The summed E-state index contributed by atoms with van der Waals surface area (Å²) in [5.41, 5.74) is 3.68. The molecular formula is C21H29NO2. The summed E-state index contributed by atoms with van der Waals surface area (Å²) in [5, 5.41) is 3.49. The van der Waals surface area contributed by atoms with Crippen LogP contribution in [0.4, 0.5) is 0 Å². The van der Waals surface area contributed by atoms with Crippen LogP contribution in [-0.2, 0) is 13.2 Å². The van der Waals surface area contributed by atoms with Gasteiger partial charge in [-0.3, -0.25) is 0 Å². The maximum Gasteiger partial charge on any atom is 0.161 e. The highest BCUT2D eigenvalue weighted by atomic mass is 16.5. The number of ether oxygens (including phenoxy) is 2. The fraction of sp³-hybridized carbons (Fsp3) is 0.429. The Labute approximate surface area is 146 Å². The molecule has 0 unspecified atom stereocenters. The smallest absolute Gasteiger partial charge is 0.161 e. The van der Waals surface area contributed by atoms with Crippen LogP contribution in [0.25, 0.3) is 0 Å². The summed E-state index contributed by atoms with van der Waals surface area (Å²) >= 11 is 0. The van der Waals surface area contributed by atoms with Gasteiger partial charge in [0.15, 0.2) is 11.5 Å². The molecule has 0 saturated heterocycles. The molecule has 130 valence electrons. The van der Waals surface area contributed by atoms with Crippen molar-refractivity contribution in [3.8, 4) is 11.5 Å². The Morgan fingerprint density at radius 1 is 0.917 bits per heavy atom. The molecule has 2 aromatic carbocycles. The molecule has 0 heterocycles. The maximum absolute atomic E-state index is 5.99. The van der Waals surface area contributed by atoms with Gasteiger partial charge < -0.3 is 14.8 Å². The van der Waals surface area contributed by atoms with Gasteiger partial charge in [-0.1, -0.05) is 35.9 Å². The van der Waals surface area contributed by atoms with Crippen LogP contribution in [0.15, 0.2) is 42.5 Å². The van der Waals surface area contributed by atoms with E-state index in [-0.39, 0.29) is 5.54 Å². The molecule has 1 N–H and O–H groups in total. The van der Waals surface area contributed by atoms with E-state index in [2.05, 4.69) is 69.4 Å². The van der Waals surface area contributed by atoms with Crippen molar-refractivity contribution < 1.29 is 9.47 Å². The number of aryl methyl sites for hydroxylation is 1. The van der Waals surface area contributed by atoms with Gasteiger partial charge in [0.2, 0.25) is 0 Å². The second-order valence-electron chi connectivity index (χ2n) is 7.10. The Morgan fingerprint density at radius 3 is 2.38 bits per heavy atom. The molecular weight excluding hydrogens is 298 g/mol. The van der Waals surface area contributed by atoms with E-state index in [0.29, 0.717) is 13.2 Å². The van der Waals surface area contributed by atoms with Crippen LogP contribution in [0.5, 0.6) is 11.5 Å². The monoisotopic (exact) mass is 327 g/mol. The average molecular weight is 327 g/mol. The van der Waals surface area contributed by atoms with Crippen molar-refractivity contribution in [3.05, 3.63) is 59.2 Å². The summed E-state index contributed by atoms with van der Waals surface area (Å²) in [7, 11) is 0. The highest BCUT2D eigenvalue weighted by Crippen LogP contribution is 2.29. The van der Waals surface area contributed by atoms with E-state index >= 15 is 0 Å².